The Morgan fingerprint density at radius 1 is 1.13 bits per heavy atom. The van der Waals surface area contributed by atoms with Crippen LogP contribution in [0.15, 0.2) is 42.5 Å². The number of carbonyl (C=O) groups is 1. The molecule has 0 unspecified atom stereocenters. The van der Waals surface area contributed by atoms with Gasteiger partial charge in [0.15, 0.2) is 0 Å². The van der Waals surface area contributed by atoms with Gasteiger partial charge in [-0.05, 0) is 42.7 Å². The van der Waals surface area contributed by atoms with E-state index in [1.54, 1.807) is 0 Å². The van der Waals surface area contributed by atoms with Crippen molar-refractivity contribution in [3.8, 4) is 0 Å². The standard InChI is InChI=1S/C24H29N5O2/c1-27-22-9-8-19(17-20(22)26-24(27)29-13-15-31-16-14-29)23(30)25-10-12-28-11-4-6-18-5-2-3-7-21(18)28/h2-3,5,7-9,17H,4,6,10-16H2,1H3,(H,25,30). The molecule has 1 N–H and O–H groups in total. The van der Waals surface area contributed by atoms with Gasteiger partial charge in [-0.2, -0.15) is 0 Å². The van der Waals surface area contributed by atoms with Crippen LogP contribution in [0.1, 0.15) is 22.3 Å². The summed E-state index contributed by atoms with van der Waals surface area (Å²) in [5.74, 6) is 0.880. The predicted octanol–water partition coefficient (Wildman–Crippen LogP) is 2.59. The maximum atomic E-state index is 12.8. The Hall–Kier alpha value is -3.06. The molecule has 0 radical (unpaired) electrons. The molecule has 3 heterocycles. The van der Waals surface area contributed by atoms with E-state index >= 15 is 0 Å². The lowest BCUT2D eigenvalue weighted by Crippen LogP contribution is -2.37. The van der Waals surface area contributed by atoms with Crippen molar-refractivity contribution >= 4 is 28.6 Å². The Balaban J connectivity index is 1.25. The van der Waals surface area contributed by atoms with Crippen LogP contribution in [0.5, 0.6) is 0 Å². The van der Waals surface area contributed by atoms with E-state index in [-0.39, 0.29) is 5.91 Å². The fourth-order valence-corrected chi connectivity index (χ4v) is 4.62. The molecule has 0 atom stereocenters. The number of aryl methyl sites for hydroxylation is 2. The number of para-hydroxylation sites is 1. The molecule has 1 aromatic heterocycles. The second-order valence-corrected chi connectivity index (χ2v) is 8.25. The normalized spacial score (nSPS) is 16.4. The second kappa shape index (κ2) is 8.59. The molecule has 7 heteroatoms. The van der Waals surface area contributed by atoms with E-state index in [0.717, 1.165) is 69.2 Å². The van der Waals surface area contributed by atoms with Crippen molar-refractivity contribution in [3.05, 3.63) is 53.6 Å². The lowest BCUT2D eigenvalue weighted by atomic mass is 10.0. The Morgan fingerprint density at radius 2 is 1.97 bits per heavy atom. The predicted molar refractivity (Wildman–Crippen MR) is 123 cm³/mol. The summed E-state index contributed by atoms with van der Waals surface area (Å²) < 4.78 is 7.54. The zero-order valence-electron chi connectivity index (χ0n) is 18.0. The van der Waals surface area contributed by atoms with E-state index < -0.39 is 0 Å². The molecule has 162 valence electrons. The number of nitrogens with zero attached hydrogens (tertiary/aromatic N) is 4. The Labute approximate surface area is 182 Å². The van der Waals surface area contributed by atoms with Crippen LogP contribution in [-0.4, -0.2) is 61.4 Å². The summed E-state index contributed by atoms with van der Waals surface area (Å²) in [4.78, 5) is 22.2. The number of rotatable bonds is 5. The van der Waals surface area contributed by atoms with Crippen LogP contribution in [0.25, 0.3) is 11.0 Å². The fourth-order valence-electron chi connectivity index (χ4n) is 4.62. The van der Waals surface area contributed by atoms with Gasteiger partial charge >= 0.3 is 0 Å². The van der Waals surface area contributed by atoms with Gasteiger partial charge < -0.3 is 24.4 Å². The van der Waals surface area contributed by atoms with Crippen LogP contribution in [0.4, 0.5) is 11.6 Å². The van der Waals surface area contributed by atoms with Crippen LogP contribution in [-0.2, 0) is 18.2 Å². The SMILES string of the molecule is Cn1c(N2CCOCC2)nc2cc(C(=O)NCCN3CCCc4ccccc43)ccc21. The number of imidazole rings is 1. The number of hydrogen-bond acceptors (Lipinski definition) is 5. The first kappa shape index (κ1) is 19.9. The zero-order chi connectivity index (χ0) is 21.2. The molecule has 2 aliphatic heterocycles. The van der Waals surface area contributed by atoms with Crippen LogP contribution in [0.3, 0.4) is 0 Å². The quantitative estimate of drug-likeness (QED) is 0.689. The molecule has 1 saturated heterocycles. The molecule has 1 fully saturated rings. The van der Waals surface area contributed by atoms with Crippen molar-refractivity contribution in [2.75, 3.05) is 55.7 Å². The van der Waals surface area contributed by atoms with Gasteiger partial charge in [-0.1, -0.05) is 18.2 Å². The van der Waals surface area contributed by atoms with Gasteiger partial charge in [0.1, 0.15) is 0 Å². The number of morpholine rings is 1. The molecule has 0 bridgehead atoms. The summed E-state index contributed by atoms with van der Waals surface area (Å²) in [6.45, 7) is 5.59. The smallest absolute Gasteiger partial charge is 0.251 e. The molecule has 0 aliphatic carbocycles. The van der Waals surface area contributed by atoms with Crippen LogP contribution >= 0.6 is 0 Å². The number of hydrogen-bond donors (Lipinski definition) is 1. The topological polar surface area (TPSA) is 62.6 Å². The van der Waals surface area contributed by atoms with Gasteiger partial charge in [0.05, 0.1) is 24.2 Å². The highest BCUT2D eigenvalue weighted by Crippen LogP contribution is 2.26. The number of fused-ring (bicyclic) bond motifs is 2. The van der Waals surface area contributed by atoms with Gasteiger partial charge in [0.25, 0.3) is 5.91 Å². The molecule has 7 nitrogen and oxygen atoms in total. The van der Waals surface area contributed by atoms with E-state index in [1.807, 2.05) is 25.2 Å². The summed E-state index contributed by atoms with van der Waals surface area (Å²) >= 11 is 0. The lowest BCUT2D eigenvalue weighted by molar-refractivity contribution is 0.0954. The van der Waals surface area contributed by atoms with Crippen molar-refractivity contribution in [3.63, 3.8) is 0 Å². The summed E-state index contributed by atoms with van der Waals surface area (Å²) in [7, 11) is 2.02. The number of ether oxygens (including phenoxy) is 1. The van der Waals surface area contributed by atoms with E-state index in [1.165, 1.54) is 11.3 Å². The minimum Gasteiger partial charge on any atom is -0.378 e. The number of benzene rings is 2. The van der Waals surface area contributed by atoms with Gasteiger partial charge in [-0.3, -0.25) is 4.79 Å². The monoisotopic (exact) mass is 419 g/mol. The summed E-state index contributed by atoms with van der Waals surface area (Å²) in [5, 5.41) is 3.08. The van der Waals surface area contributed by atoms with Gasteiger partial charge in [-0.15, -0.1) is 0 Å². The molecule has 31 heavy (non-hydrogen) atoms. The molecule has 1 amide bonds. The molecule has 2 aromatic carbocycles. The highest BCUT2D eigenvalue weighted by Gasteiger charge is 2.19. The van der Waals surface area contributed by atoms with E-state index in [0.29, 0.717) is 12.1 Å². The Morgan fingerprint density at radius 3 is 2.84 bits per heavy atom. The number of nitrogens with one attached hydrogen (secondary N) is 1. The molecule has 0 saturated carbocycles. The highest BCUT2D eigenvalue weighted by atomic mass is 16.5. The third-order valence-corrected chi connectivity index (χ3v) is 6.29. The Bertz CT molecular complexity index is 1090. The van der Waals surface area contributed by atoms with Gasteiger partial charge in [0, 0.05) is 51.0 Å². The minimum absolute atomic E-state index is 0.0502. The maximum absolute atomic E-state index is 12.8. The molecular formula is C24H29N5O2. The lowest BCUT2D eigenvalue weighted by Gasteiger charge is -2.31. The Kier molecular flexibility index (Phi) is 5.51. The average molecular weight is 420 g/mol. The van der Waals surface area contributed by atoms with Gasteiger partial charge in [0.2, 0.25) is 5.95 Å². The third-order valence-electron chi connectivity index (χ3n) is 6.29. The van der Waals surface area contributed by atoms with Crippen molar-refractivity contribution in [1.29, 1.82) is 0 Å². The first-order valence-corrected chi connectivity index (χ1v) is 11.1. The zero-order valence-corrected chi connectivity index (χ0v) is 18.0. The molecule has 0 spiro atoms. The summed E-state index contributed by atoms with van der Waals surface area (Å²) in [6.07, 6.45) is 2.29. The van der Waals surface area contributed by atoms with Crippen molar-refractivity contribution < 1.29 is 9.53 Å². The second-order valence-electron chi connectivity index (χ2n) is 8.25. The minimum atomic E-state index is -0.0502. The maximum Gasteiger partial charge on any atom is 0.251 e. The van der Waals surface area contributed by atoms with Gasteiger partial charge in [-0.25, -0.2) is 4.98 Å². The molecule has 3 aromatic rings. The first-order chi connectivity index (χ1) is 15.2. The largest absolute Gasteiger partial charge is 0.378 e. The van der Waals surface area contributed by atoms with Crippen molar-refractivity contribution in [2.45, 2.75) is 12.8 Å². The molecule has 2 aliphatic rings. The highest BCUT2D eigenvalue weighted by molar-refractivity contribution is 5.97. The number of carbonyl (C=O) groups excluding carboxylic acids is 1. The van der Waals surface area contributed by atoms with E-state index in [4.69, 9.17) is 9.72 Å². The molecular weight excluding hydrogens is 390 g/mol. The van der Waals surface area contributed by atoms with Crippen LogP contribution < -0.4 is 15.1 Å². The number of amides is 1. The van der Waals surface area contributed by atoms with E-state index in [9.17, 15) is 4.79 Å². The number of aromatic nitrogens is 2. The van der Waals surface area contributed by atoms with Crippen molar-refractivity contribution in [1.82, 2.24) is 14.9 Å². The summed E-state index contributed by atoms with van der Waals surface area (Å²) in [6, 6.07) is 14.3. The van der Waals surface area contributed by atoms with Crippen molar-refractivity contribution in [2.24, 2.45) is 7.05 Å². The third kappa shape index (κ3) is 3.97. The average Bonchev–Trinajstić information content (AvgIpc) is 3.15. The van der Waals surface area contributed by atoms with Crippen LogP contribution in [0.2, 0.25) is 0 Å². The molecule has 5 rings (SSSR count). The van der Waals surface area contributed by atoms with Crippen LogP contribution in [0, 0.1) is 0 Å². The fraction of sp³-hybridized carbons (Fsp3) is 0.417. The number of anilines is 2. The first-order valence-electron chi connectivity index (χ1n) is 11.1. The summed E-state index contributed by atoms with van der Waals surface area (Å²) in [5.41, 5.74) is 5.23. The van der Waals surface area contributed by atoms with E-state index in [2.05, 4.69) is 43.9 Å².